The quantitative estimate of drug-likeness (QED) is 0.657. The lowest BCUT2D eigenvalue weighted by atomic mass is 9.97. The number of hydrogen-bond donors (Lipinski definition) is 1. The van der Waals surface area contributed by atoms with E-state index in [0.29, 0.717) is 19.3 Å². The normalized spacial score (nSPS) is 16.7. The number of rotatable bonds is 8. The average molecular weight is 422 g/mol. The first-order valence-corrected chi connectivity index (χ1v) is 10.1. The van der Waals surface area contributed by atoms with Crippen molar-refractivity contribution in [3.05, 3.63) is 83.7 Å². The van der Waals surface area contributed by atoms with E-state index in [9.17, 15) is 14.4 Å². The number of methoxy groups -OCH3 is 2. The van der Waals surface area contributed by atoms with Gasteiger partial charge >= 0.3 is 11.9 Å². The topological polar surface area (TPSA) is 84.9 Å². The first-order valence-electron chi connectivity index (χ1n) is 10.1. The first-order chi connectivity index (χ1) is 15.0. The maximum Gasteiger partial charge on any atom is 0.356 e. The molecule has 0 spiro atoms. The summed E-state index contributed by atoms with van der Waals surface area (Å²) in [6.07, 6.45) is 2.92. The Balaban J connectivity index is 1.94. The summed E-state index contributed by atoms with van der Waals surface area (Å²) in [5.41, 5.74) is 1.99. The summed E-state index contributed by atoms with van der Waals surface area (Å²) in [4.78, 5) is 39.5. The number of benzene rings is 2. The number of amides is 1. The Morgan fingerprint density at radius 1 is 0.968 bits per heavy atom. The van der Waals surface area contributed by atoms with E-state index < -0.39 is 24.0 Å². The highest BCUT2D eigenvalue weighted by Crippen LogP contribution is 2.23. The molecule has 0 fully saturated rings. The summed E-state index contributed by atoms with van der Waals surface area (Å²) >= 11 is 0. The molecular formula is C24H26N2O5. The Hall–Kier alpha value is -3.61. The zero-order valence-electron chi connectivity index (χ0n) is 17.6. The standard InChI is InChI=1S/C24H26N2O5/c1-30-23(28)19-16-26(21(24(29)31-2)15-18-11-7-4-8-12-18)20(22(27)25-19)14-13-17-9-5-3-6-10-17/h3-12,16,20-21H,13-15H2,1-2H3,(H,25,27). The fourth-order valence-electron chi connectivity index (χ4n) is 3.66. The van der Waals surface area contributed by atoms with Crippen LogP contribution in [0.2, 0.25) is 0 Å². The molecule has 7 heteroatoms. The van der Waals surface area contributed by atoms with Gasteiger partial charge in [0.05, 0.1) is 14.2 Å². The number of nitrogens with one attached hydrogen (secondary N) is 1. The zero-order valence-corrected chi connectivity index (χ0v) is 17.6. The first kappa shape index (κ1) is 22.1. The van der Waals surface area contributed by atoms with Crippen LogP contribution in [0.1, 0.15) is 17.5 Å². The van der Waals surface area contributed by atoms with E-state index >= 15 is 0 Å². The molecule has 2 aromatic carbocycles. The van der Waals surface area contributed by atoms with Gasteiger partial charge in [-0.05, 0) is 24.0 Å². The Kier molecular flexibility index (Phi) is 7.43. The SMILES string of the molecule is COC(=O)C1=CN(C(Cc2ccccc2)C(=O)OC)C(CCc2ccccc2)C(=O)N1. The van der Waals surface area contributed by atoms with Crippen LogP contribution in [-0.4, -0.2) is 49.0 Å². The van der Waals surface area contributed by atoms with E-state index in [4.69, 9.17) is 9.47 Å². The number of esters is 2. The Labute approximate surface area is 181 Å². The third-order valence-electron chi connectivity index (χ3n) is 5.26. The van der Waals surface area contributed by atoms with Crippen LogP contribution in [-0.2, 0) is 36.7 Å². The fraction of sp³-hybridized carbons (Fsp3) is 0.292. The van der Waals surface area contributed by atoms with Gasteiger partial charge in [-0.25, -0.2) is 9.59 Å². The molecule has 2 unspecified atom stereocenters. The predicted octanol–water partition coefficient (Wildman–Crippen LogP) is 2.22. The van der Waals surface area contributed by atoms with Crippen LogP contribution in [0.4, 0.5) is 0 Å². The number of carbonyl (C=O) groups excluding carboxylic acids is 3. The highest BCUT2D eigenvalue weighted by molar-refractivity contribution is 5.97. The number of carbonyl (C=O) groups is 3. The van der Waals surface area contributed by atoms with Gasteiger partial charge in [0.15, 0.2) is 0 Å². The van der Waals surface area contributed by atoms with E-state index in [1.54, 1.807) is 4.90 Å². The van der Waals surface area contributed by atoms with Gasteiger partial charge < -0.3 is 19.7 Å². The van der Waals surface area contributed by atoms with Crippen molar-refractivity contribution < 1.29 is 23.9 Å². The van der Waals surface area contributed by atoms with Crippen LogP contribution < -0.4 is 5.32 Å². The lowest BCUT2D eigenvalue weighted by molar-refractivity contribution is -0.149. The minimum absolute atomic E-state index is 0.00886. The average Bonchev–Trinajstić information content (AvgIpc) is 2.81. The van der Waals surface area contributed by atoms with Crippen molar-refractivity contribution in [3.8, 4) is 0 Å². The molecule has 0 aromatic heterocycles. The Morgan fingerprint density at radius 2 is 1.58 bits per heavy atom. The molecule has 3 rings (SSSR count). The van der Waals surface area contributed by atoms with Crippen molar-refractivity contribution in [3.63, 3.8) is 0 Å². The Morgan fingerprint density at radius 3 is 2.16 bits per heavy atom. The molecule has 1 amide bonds. The second kappa shape index (κ2) is 10.4. The number of nitrogens with zero attached hydrogens (tertiary/aromatic N) is 1. The summed E-state index contributed by atoms with van der Waals surface area (Å²) < 4.78 is 9.82. The van der Waals surface area contributed by atoms with Crippen molar-refractivity contribution in [1.82, 2.24) is 10.2 Å². The fourth-order valence-corrected chi connectivity index (χ4v) is 3.66. The second-order valence-corrected chi connectivity index (χ2v) is 7.24. The number of ether oxygens (including phenoxy) is 2. The molecule has 162 valence electrons. The molecule has 1 aliphatic heterocycles. The van der Waals surface area contributed by atoms with E-state index in [-0.39, 0.29) is 11.6 Å². The molecule has 0 bridgehead atoms. The van der Waals surface area contributed by atoms with E-state index in [1.807, 2.05) is 60.7 Å². The third kappa shape index (κ3) is 5.51. The van der Waals surface area contributed by atoms with Gasteiger partial charge in [0.2, 0.25) is 5.91 Å². The molecule has 0 aliphatic carbocycles. The molecule has 1 N–H and O–H groups in total. The van der Waals surface area contributed by atoms with Crippen molar-refractivity contribution >= 4 is 17.8 Å². The predicted molar refractivity (Wildman–Crippen MR) is 115 cm³/mol. The van der Waals surface area contributed by atoms with Gasteiger partial charge in [0.25, 0.3) is 0 Å². The Bertz CT molecular complexity index is 943. The lowest BCUT2D eigenvalue weighted by Crippen LogP contribution is -2.56. The van der Waals surface area contributed by atoms with Crippen LogP contribution in [0.3, 0.4) is 0 Å². The highest BCUT2D eigenvalue weighted by Gasteiger charge is 2.38. The van der Waals surface area contributed by atoms with Gasteiger partial charge in [0.1, 0.15) is 17.8 Å². The molecule has 31 heavy (non-hydrogen) atoms. The van der Waals surface area contributed by atoms with Crippen molar-refractivity contribution in [2.24, 2.45) is 0 Å². The number of aryl methyl sites for hydroxylation is 1. The van der Waals surface area contributed by atoms with E-state index in [2.05, 4.69) is 5.32 Å². The summed E-state index contributed by atoms with van der Waals surface area (Å²) in [5.74, 6) is -1.52. The van der Waals surface area contributed by atoms with Crippen LogP contribution in [0.15, 0.2) is 72.6 Å². The minimum atomic E-state index is -0.779. The summed E-state index contributed by atoms with van der Waals surface area (Å²) in [6, 6.07) is 17.8. The molecule has 0 radical (unpaired) electrons. The van der Waals surface area contributed by atoms with E-state index in [1.165, 1.54) is 20.4 Å². The van der Waals surface area contributed by atoms with Crippen LogP contribution in [0.25, 0.3) is 0 Å². The zero-order chi connectivity index (χ0) is 22.2. The highest BCUT2D eigenvalue weighted by atomic mass is 16.5. The molecule has 1 aliphatic rings. The van der Waals surface area contributed by atoms with Gasteiger partial charge in [-0.15, -0.1) is 0 Å². The molecule has 0 saturated carbocycles. The van der Waals surface area contributed by atoms with Gasteiger partial charge in [-0.2, -0.15) is 0 Å². The maximum absolute atomic E-state index is 13.0. The molecule has 0 saturated heterocycles. The molecule has 2 atom stereocenters. The van der Waals surface area contributed by atoms with Crippen molar-refractivity contribution in [2.75, 3.05) is 14.2 Å². The largest absolute Gasteiger partial charge is 0.467 e. The maximum atomic E-state index is 13.0. The van der Waals surface area contributed by atoms with Gasteiger partial charge in [-0.1, -0.05) is 60.7 Å². The minimum Gasteiger partial charge on any atom is -0.467 e. The molecular weight excluding hydrogens is 396 g/mol. The summed E-state index contributed by atoms with van der Waals surface area (Å²) in [7, 11) is 2.55. The summed E-state index contributed by atoms with van der Waals surface area (Å²) in [6.45, 7) is 0. The lowest BCUT2D eigenvalue weighted by Gasteiger charge is -2.38. The molecule has 2 aromatic rings. The van der Waals surface area contributed by atoms with Gasteiger partial charge in [-0.3, -0.25) is 4.79 Å². The van der Waals surface area contributed by atoms with Crippen LogP contribution in [0, 0.1) is 0 Å². The van der Waals surface area contributed by atoms with Gasteiger partial charge in [0, 0.05) is 12.6 Å². The van der Waals surface area contributed by atoms with Crippen molar-refractivity contribution in [1.29, 1.82) is 0 Å². The van der Waals surface area contributed by atoms with Crippen LogP contribution >= 0.6 is 0 Å². The number of hydrogen-bond acceptors (Lipinski definition) is 6. The summed E-state index contributed by atoms with van der Waals surface area (Å²) in [5, 5.41) is 2.61. The molecule has 7 nitrogen and oxygen atoms in total. The second-order valence-electron chi connectivity index (χ2n) is 7.24. The third-order valence-corrected chi connectivity index (χ3v) is 5.26. The van der Waals surface area contributed by atoms with Crippen LogP contribution in [0.5, 0.6) is 0 Å². The smallest absolute Gasteiger partial charge is 0.356 e. The monoisotopic (exact) mass is 422 g/mol. The van der Waals surface area contributed by atoms with Crippen molar-refractivity contribution in [2.45, 2.75) is 31.3 Å². The van der Waals surface area contributed by atoms with E-state index in [0.717, 1.165) is 11.1 Å². The molecule has 1 heterocycles.